The summed E-state index contributed by atoms with van der Waals surface area (Å²) >= 11 is 0. The second-order valence-corrected chi connectivity index (χ2v) is 7.32. The zero-order valence-corrected chi connectivity index (χ0v) is 15.9. The maximum Gasteiger partial charge on any atom is 0.237 e. The average Bonchev–Trinajstić information content (AvgIpc) is 2.64. The Bertz CT molecular complexity index is 724. The van der Waals surface area contributed by atoms with Crippen LogP contribution in [0.5, 0.6) is 11.5 Å². The lowest BCUT2D eigenvalue weighted by Crippen LogP contribution is -2.48. The van der Waals surface area contributed by atoms with Gasteiger partial charge in [0.05, 0.1) is 13.2 Å². The minimum Gasteiger partial charge on any atom is -0.493 e. The average molecular weight is 356 g/mol. The Labute approximate surface area is 155 Å². The molecular formula is C21H28N2O3. The molecule has 0 aliphatic heterocycles. The summed E-state index contributed by atoms with van der Waals surface area (Å²) in [4.78, 5) is 12.2. The lowest BCUT2D eigenvalue weighted by atomic mass is 9.87. The number of nitrogens with two attached hydrogens (primary N) is 1. The summed E-state index contributed by atoms with van der Waals surface area (Å²) in [5.41, 5.74) is 7.70. The van der Waals surface area contributed by atoms with Gasteiger partial charge in [0.25, 0.3) is 0 Å². The largest absolute Gasteiger partial charge is 0.493 e. The van der Waals surface area contributed by atoms with Crippen LogP contribution >= 0.6 is 0 Å². The molecule has 0 aliphatic carbocycles. The van der Waals surface area contributed by atoms with E-state index in [0.717, 1.165) is 11.1 Å². The lowest BCUT2D eigenvalue weighted by molar-refractivity contribution is -0.124. The van der Waals surface area contributed by atoms with E-state index in [1.165, 1.54) is 0 Å². The van der Waals surface area contributed by atoms with Gasteiger partial charge in [-0.05, 0) is 28.7 Å². The van der Waals surface area contributed by atoms with Crippen LogP contribution in [0.25, 0.3) is 0 Å². The van der Waals surface area contributed by atoms with E-state index in [4.69, 9.17) is 15.2 Å². The highest BCUT2D eigenvalue weighted by Gasteiger charge is 2.27. The van der Waals surface area contributed by atoms with Crippen molar-refractivity contribution >= 4 is 5.91 Å². The molecule has 0 saturated heterocycles. The molecule has 0 radical (unpaired) electrons. The molecule has 0 saturated carbocycles. The monoisotopic (exact) mass is 356 g/mol. The van der Waals surface area contributed by atoms with E-state index in [0.29, 0.717) is 24.7 Å². The first-order valence-electron chi connectivity index (χ1n) is 8.68. The normalized spacial score (nSPS) is 12.3. The highest BCUT2D eigenvalue weighted by Crippen LogP contribution is 2.29. The molecule has 140 valence electrons. The van der Waals surface area contributed by atoms with Crippen LogP contribution in [0.15, 0.2) is 48.5 Å². The zero-order valence-electron chi connectivity index (χ0n) is 15.9. The van der Waals surface area contributed by atoms with Crippen LogP contribution in [0.1, 0.15) is 31.9 Å². The van der Waals surface area contributed by atoms with Gasteiger partial charge in [0.15, 0.2) is 11.5 Å². The molecule has 0 unspecified atom stereocenters. The summed E-state index contributed by atoms with van der Waals surface area (Å²) in [6.45, 7) is 6.68. The van der Waals surface area contributed by atoms with Crippen LogP contribution in [0.4, 0.5) is 0 Å². The highest BCUT2D eigenvalue weighted by molar-refractivity contribution is 5.82. The van der Waals surface area contributed by atoms with E-state index in [1.54, 1.807) is 7.11 Å². The van der Waals surface area contributed by atoms with E-state index in [-0.39, 0.29) is 11.3 Å². The standard InChI is InChI=1S/C21H28N2O3/c1-21(2,3)19(22)20(24)23-13-16-10-11-17(18(12-16)25-4)26-14-15-8-6-5-7-9-15/h5-12,19H,13-14,22H2,1-4H3,(H,23,24)/t19-/m1/s1. The highest BCUT2D eigenvalue weighted by atomic mass is 16.5. The Balaban J connectivity index is 1.98. The van der Waals surface area contributed by atoms with Crippen molar-refractivity contribution in [2.45, 2.75) is 40.0 Å². The summed E-state index contributed by atoms with van der Waals surface area (Å²) in [7, 11) is 1.60. The fraction of sp³-hybridized carbons (Fsp3) is 0.381. The zero-order chi connectivity index (χ0) is 19.2. The predicted octanol–water partition coefficient (Wildman–Crippen LogP) is 3.26. The number of carbonyl (C=O) groups excluding carboxylic acids is 1. The maximum atomic E-state index is 12.2. The third-order valence-corrected chi connectivity index (χ3v) is 4.15. The molecule has 0 aliphatic rings. The maximum absolute atomic E-state index is 12.2. The number of hydrogen-bond acceptors (Lipinski definition) is 4. The Hall–Kier alpha value is -2.53. The lowest BCUT2D eigenvalue weighted by Gasteiger charge is -2.25. The Morgan fingerprint density at radius 3 is 2.38 bits per heavy atom. The van der Waals surface area contributed by atoms with Gasteiger partial charge in [-0.3, -0.25) is 4.79 Å². The van der Waals surface area contributed by atoms with Crippen LogP contribution < -0.4 is 20.5 Å². The molecule has 5 heteroatoms. The Morgan fingerprint density at radius 1 is 1.08 bits per heavy atom. The van der Waals surface area contributed by atoms with Crippen molar-refractivity contribution in [1.29, 1.82) is 0 Å². The molecule has 5 nitrogen and oxygen atoms in total. The number of amides is 1. The van der Waals surface area contributed by atoms with Crippen LogP contribution in [0.3, 0.4) is 0 Å². The predicted molar refractivity (Wildman–Crippen MR) is 103 cm³/mol. The summed E-state index contributed by atoms with van der Waals surface area (Å²) in [5.74, 6) is 1.13. The second-order valence-electron chi connectivity index (χ2n) is 7.32. The number of benzene rings is 2. The number of rotatable bonds is 7. The van der Waals surface area contributed by atoms with Crippen LogP contribution in [-0.2, 0) is 17.9 Å². The molecule has 2 rings (SSSR count). The summed E-state index contributed by atoms with van der Waals surface area (Å²) in [5, 5.41) is 2.87. The van der Waals surface area contributed by atoms with E-state index in [2.05, 4.69) is 5.32 Å². The summed E-state index contributed by atoms with van der Waals surface area (Å²) < 4.78 is 11.3. The van der Waals surface area contributed by atoms with Gasteiger partial charge in [-0.2, -0.15) is 0 Å². The van der Waals surface area contributed by atoms with Gasteiger partial charge in [0.1, 0.15) is 6.61 Å². The molecule has 1 atom stereocenters. The van der Waals surface area contributed by atoms with Crippen LogP contribution in [0.2, 0.25) is 0 Å². The van der Waals surface area contributed by atoms with Gasteiger partial charge in [-0.25, -0.2) is 0 Å². The van der Waals surface area contributed by atoms with Gasteiger partial charge < -0.3 is 20.5 Å². The van der Waals surface area contributed by atoms with Crippen LogP contribution in [0, 0.1) is 5.41 Å². The third-order valence-electron chi connectivity index (χ3n) is 4.15. The first-order valence-corrected chi connectivity index (χ1v) is 8.68. The molecule has 0 bridgehead atoms. The number of nitrogens with one attached hydrogen (secondary N) is 1. The number of methoxy groups -OCH3 is 1. The smallest absolute Gasteiger partial charge is 0.237 e. The minimum absolute atomic E-state index is 0.166. The van der Waals surface area contributed by atoms with Crippen molar-refractivity contribution in [2.75, 3.05) is 7.11 Å². The molecule has 1 amide bonds. The fourth-order valence-corrected chi connectivity index (χ4v) is 2.37. The van der Waals surface area contributed by atoms with E-state index in [9.17, 15) is 4.79 Å². The molecular weight excluding hydrogens is 328 g/mol. The molecule has 26 heavy (non-hydrogen) atoms. The molecule has 0 heterocycles. The van der Waals surface area contributed by atoms with Gasteiger partial charge in [0.2, 0.25) is 5.91 Å². The van der Waals surface area contributed by atoms with Gasteiger partial charge in [-0.1, -0.05) is 57.2 Å². The Kier molecular flexibility index (Phi) is 6.64. The SMILES string of the molecule is COc1cc(CNC(=O)[C@@H](N)C(C)(C)C)ccc1OCc1ccccc1. The first kappa shape index (κ1) is 19.8. The topological polar surface area (TPSA) is 73.6 Å². The number of ether oxygens (including phenoxy) is 2. The van der Waals surface area contributed by atoms with E-state index < -0.39 is 6.04 Å². The molecule has 0 spiro atoms. The van der Waals surface area contributed by atoms with Gasteiger partial charge >= 0.3 is 0 Å². The minimum atomic E-state index is -0.558. The molecule has 2 aromatic rings. The van der Waals surface area contributed by atoms with Crippen molar-refractivity contribution in [3.05, 3.63) is 59.7 Å². The Morgan fingerprint density at radius 2 is 1.77 bits per heavy atom. The fourth-order valence-electron chi connectivity index (χ4n) is 2.37. The van der Waals surface area contributed by atoms with Crippen molar-refractivity contribution < 1.29 is 14.3 Å². The van der Waals surface area contributed by atoms with E-state index in [1.807, 2.05) is 69.3 Å². The van der Waals surface area contributed by atoms with Crippen molar-refractivity contribution in [1.82, 2.24) is 5.32 Å². The summed E-state index contributed by atoms with van der Waals surface area (Å²) in [6.07, 6.45) is 0. The third kappa shape index (κ3) is 5.49. The number of carbonyl (C=O) groups is 1. The molecule has 2 aromatic carbocycles. The van der Waals surface area contributed by atoms with Crippen LogP contribution in [-0.4, -0.2) is 19.1 Å². The summed E-state index contributed by atoms with van der Waals surface area (Å²) in [6, 6.07) is 15.0. The number of hydrogen-bond donors (Lipinski definition) is 2. The van der Waals surface area contributed by atoms with E-state index >= 15 is 0 Å². The molecule has 0 fully saturated rings. The van der Waals surface area contributed by atoms with Crippen molar-refractivity contribution in [3.63, 3.8) is 0 Å². The molecule has 3 N–H and O–H groups in total. The first-order chi connectivity index (χ1) is 12.3. The quantitative estimate of drug-likeness (QED) is 0.799. The molecule has 0 aromatic heterocycles. The van der Waals surface area contributed by atoms with Crippen molar-refractivity contribution in [3.8, 4) is 11.5 Å². The van der Waals surface area contributed by atoms with Gasteiger partial charge in [0, 0.05) is 6.54 Å². The van der Waals surface area contributed by atoms with Gasteiger partial charge in [-0.15, -0.1) is 0 Å². The van der Waals surface area contributed by atoms with Crippen molar-refractivity contribution in [2.24, 2.45) is 11.1 Å². The second kappa shape index (κ2) is 8.72.